The van der Waals surface area contributed by atoms with Crippen molar-refractivity contribution < 1.29 is 0 Å². The standard InChI is InChI=1S/C48H51NS/c1-6-9-10-11-12-20-35(18-7-2)30-31-49-45-29-28-36-21-13-14-22-39(36)48(45)34(5)47(38-23-15-19-33(38)4)37(8-3)40-26-17-27-46(50)44-32-43(40)41-24-16-25-42(41)44/h7-8,10-12,14-18,20,22-24,26-32,34,44,46,50H,3,6,9,13,19,21,25H2,1-2,4-5H3/b11-10-,18-7-,20-12-,27-17-,35-30+,40-26+,47-37-,49-31?. The van der Waals surface area contributed by atoms with Gasteiger partial charge in [-0.1, -0.05) is 147 Å². The summed E-state index contributed by atoms with van der Waals surface area (Å²) in [6.45, 7) is 13.4. The first-order valence-electron chi connectivity index (χ1n) is 18.4. The van der Waals surface area contributed by atoms with E-state index in [0.717, 1.165) is 49.8 Å². The Kier molecular flexibility index (Phi) is 11.7. The van der Waals surface area contributed by atoms with Gasteiger partial charge in [0.25, 0.3) is 0 Å². The Morgan fingerprint density at radius 1 is 1.08 bits per heavy atom. The van der Waals surface area contributed by atoms with Crippen molar-refractivity contribution in [1.29, 1.82) is 0 Å². The zero-order valence-corrected chi connectivity index (χ0v) is 31.1. The fourth-order valence-electron chi connectivity index (χ4n) is 7.93. The molecule has 6 rings (SSSR count). The van der Waals surface area contributed by atoms with Crippen LogP contribution in [0.5, 0.6) is 0 Å². The van der Waals surface area contributed by atoms with E-state index < -0.39 is 0 Å². The molecule has 1 nitrogen and oxygen atoms in total. The van der Waals surface area contributed by atoms with Gasteiger partial charge < -0.3 is 0 Å². The van der Waals surface area contributed by atoms with E-state index in [4.69, 9.17) is 17.6 Å². The summed E-state index contributed by atoms with van der Waals surface area (Å²) < 4.78 is 0. The maximum Gasteiger partial charge on any atom is 0.0673 e. The molecule has 0 radical (unpaired) electrons. The molecule has 0 fully saturated rings. The number of hydrogen-bond donors (Lipinski definition) is 1. The highest BCUT2D eigenvalue weighted by molar-refractivity contribution is 7.81. The maximum absolute atomic E-state index is 5.19. The van der Waals surface area contributed by atoms with Crippen LogP contribution in [0.15, 0.2) is 177 Å². The van der Waals surface area contributed by atoms with Gasteiger partial charge in [-0.25, -0.2) is 0 Å². The summed E-state index contributed by atoms with van der Waals surface area (Å²) in [4.78, 5) is 5.19. The minimum absolute atomic E-state index is 0.0569. The van der Waals surface area contributed by atoms with Gasteiger partial charge in [0, 0.05) is 23.3 Å². The van der Waals surface area contributed by atoms with Gasteiger partial charge in [-0.15, -0.1) is 0 Å². The SMILES string of the molecule is C=CC(/C1=C\C=C/C(S)C2C=C1C1=C2CC=C1)=C(/C1=C(C)CC=C1)C(C)c1c(N=C/C=C(\C=C/C)/C=C\C=C/CCC)ccc2c1C=CCC2. The second-order valence-corrected chi connectivity index (χ2v) is 14.3. The van der Waals surface area contributed by atoms with E-state index in [1.54, 1.807) is 0 Å². The van der Waals surface area contributed by atoms with E-state index in [1.807, 2.05) is 6.21 Å². The third-order valence-corrected chi connectivity index (χ3v) is 10.9. The molecule has 50 heavy (non-hydrogen) atoms. The van der Waals surface area contributed by atoms with E-state index >= 15 is 0 Å². The number of thiol groups is 1. The molecule has 2 bridgehead atoms. The largest absolute Gasteiger partial charge is 0.257 e. The number of allylic oxidation sites excluding steroid dienone is 25. The van der Waals surface area contributed by atoms with Gasteiger partial charge in [0.2, 0.25) is 0 Å². The molecule has 0 aromatic heterocycles. The third kappa shape index (κ3) is 7.37. The molecule has 1 aromatic carbocycles. The lowest BCUT2D eigenvalue weighted by atomic mass is 9.76. The lowest BCUT2D eigenvalue weighted by molar-refractivity contribution is 0.788. The summed E-state index contributed by atoms with van der Waals surface area (Å²) in [6, 6.07) is 4.52. The number of unbranched alkanes of at least 4 members (excludes halogenated alkanes) is 1. The molecule has 5 aliphatic carbocycles. The fourth-order valence-corrected chi connectivity index (χ4v) is 8.29. The van der Waals surface area contributed by atoms with Crippen LogP contribution in [0.25, 0.3) is 6.08 Å². The van der Waals surface area contributed by atoms with Crippen molar-refractivity contribution in [3.05, 3.63) is 189 Å². The number of rotatable bonds is 12. The van der Waals surface area contributed by atoms with Crippen LogP contribution in [0.3, 0.4) is 0 Å². The minimum atomic E-state index is 0.0569. The molecular formula is C48H51NS. The van der Waals surface area contributed by atoms with Crippen LogP contribution in [0.4, 0.5) is 5.69 Å². The van der Waals surface area contributed by atoms with Crippen molar-refractivity contribution in [3.63, 3.8) is 0 Å². The van der Waals surface area contributed by atoms with Crippen molar-refractivity contribution in [2.75, 3.05) is 0 Å². The van der Waals surface area contributed by atoms with Gasteiger partial charge in [0.05, 0.1) is 5.69 Å². The van der Waals surface area contributed by atoms with E-state index in [-0.39, 0.29) is 11.2 Å². The first kappa shape index (κ1) is 35.4. The lowest BCUT2D eigenvalue weighted by Gasteiger charge is -2.28. The van der Waals surface area contributed by atoms with Crippen molar-refractivity contribution in [3.8, 4) is 0 Å². The molecule has 1 aromatic rings. The Morgan fingerprint density at radius 3 is 2.72 bits per heavy atom. The second-order valence-electron chi connectivity index (χ2n) is 13.7. The lowest BCUT2D eigenvalue weighted by Crippen LogP contribution is -2.12. The van der Waals surface area contributed by atoms with Gasteiger partial charge in [-0.3, -0.25) is 4.99 Å². The molecule has 0 heterocycles. The van der Waals surface area contributed by atoms with Crippen LogP contribution in [0.1, 0.15) is 82.4 Å². The van der Waals surface area contributed by atoms with Crippen LogP contribution < -0.4 is 0 Å². The summed E-state index contributed by atoms with van der Waals surface area (Å²) in [5, 5.41) is 0.172. The van der Waals surface area contributed by atoms with E-state index in [9.17, 15) is 0 Å². The number of benzene rings is 1. The van der Waals surface area contributed by atoms with E-state index in [0.29, 0.717) is 5.92 Å². The maximum atomic E-state index is 5.19. The average molecular weight is 674 g/mol. The molecule has 3 atom stereocenters. The second kappa shape index (κ2) is 16.5. The van der Waals surface area contributed by atoms with E-state index in [2.05, 4.69) is 156 Å². The molecule has 0 aliphatic heterocycles. The number of hydrogen-bond acceptors (Lipinski definition) is 2. The quantitative estimate of drug-likeness (QED) is 0.129. The number of fused-ring (bicyclic) bond motifs is 4. The van der Waals surface area contributed by atoms with Gasteiger partial charge in [0.1, 0.15) is 0 Å². The summed E-state index contributed by atoms with van der Waals surface area (Å²) in [5.41, 5.74) is 16.8. The number of aliphatic imine (C=N–C) groups is 1. The highest BCUT2D eigenvalue weighted by Gasteiger charge is 2.34. The van der Waals surface area contributed by atoms with Crippen LogP contribution >= 0.6 is 12.6 Å². The Labute approximate surface area is 306 Å². The third-order valence-electron chi connectivity index (χ3n) is 10.4. The fraction of sp³-hybridized carbons (Fsp3) is 0.271. The molecule has 0 saturated carbocycles. The van der Waals surface area contributed by atoms with Crippen molar-refractivity contribution in [1.82, 2.24) is 0 Å². The summed E-state index contributed by atoms with van der Waals surface area (Å²) in [5.74, 6) is 0.369. The Hall–Kier alpha value is -4.40. The van der Waals surface area contributed by atoms with E-state index in [1.165, 1.54) is 61.3 Å². The van der Waals surface area contributed by atoms with Gasteiger partial charge in [-0.05, 0) is 114 Å². The summed E-state index contributed by atoms with van der Waals surface area (Å²) in [7, 11) is 0. The Balaban J connectivity index is 1.51. The van der Waals surface area contributed by atoms with Crippen LogP contribution in [-0.4, -0.2) is 11.5 Å². The number of nitrogens with zero attached hydrogens (tertiary/aromatic N) is 1. The molecule has 5 aliphatic rings. The molecule has 254 valence electrons. The van der Waals surface area contributed by atoms with Crippen molar-refractivity contribution in [2.24, 2.45) is 10.9 Å². The summed E-state index contributed by atoms with van der Waals surface area (Å²) >= 11 is 5.00. The Bertz CT molecular complexity index is 1960. The first-order chi connectivity index (χ1) is 24.5. The highest BCUT2D eigenvalue weighted by Crippen LogP contribution is 2.50. The Morgan fingerprint density at radius 2 is 1.94 bits per heavy atom. The summed E-state index contributed by atoms with van der Waals surface area (Å²) in [6.07, 6.45) is 48.5. The molecular weight excluding hydrogens is 623 g/mol. The molecule has 3 unspecified atom stereocenters. The molecule has 0 spiro atoms. The van der Waals surface area contributed by atoms with Crippen molar-refractivity contribution >= 4 is 30.6 Å². The van der Waals surface area contributed by atoms with Gasteiger partial charge >= 0.3 is 0 Å². The predicted octanol–water partition coefficient (Wildman–Crippen LogP) is 13.2. The minimum Gasteiger partial charge on any atom is -0.257 e. The van der Waals surface area contributed by atoms with Crippen LogP contribution in [0.2, 0.25) is 0 Å². The highest BCUT2D eigenvalue weighted by atomic mass is 32.1. The average Bonchev–Trinajstić information content (AvgIpc) is 3.86. The normalized spacial score (nSPS) is 24.3. The molecule has 2 heteroatoms. The topological polar surface area (TPSA) is 12.4 Å². The smallest absolute Gasteiger partial charge is 0.0673 e. The van der Waals surface area contributed by atoms with Gasteiger partial charge in [0.15, 0.2) is 0 Å². The molecule has 0 amide bonds. The van der Waals surface area contributed by atoms with Crippen LogP contribution in [-0.2, 0) is 6.42 Å². The zero-order chi connectivity index (χ0) is 35.0. The molecule has 0 N–H and O–H groups in total. The first-order valence-corrected chi connectivity index (χ1v) is 18.9. The monoisotopic (exact) mass is 673 g/mol. The van der Waals surface area contributed by atoms with Gasteiger partial charge in [-0.2, -0.15) is 12.6 Å². The number of aryl methyl sites for hydroxylation is 1. The zero-order valence-electron chi connectivity index (χ0n) is 30.2. The molecule has 0 saturated heterocycles. The van der Waals surface area contributed by atoms with Crippen molar-refractivity contribution in [2.45, 2.75) is 77.4 Å². The van der Waals surface area contributed by atoms with Crippen LogP contribution in [0, 0.1) is 5.92 Å². The predicted molar refractivity (Wildman–Crippen MR) is 222 cm³/mol.